The van der Waals surface area contributed by atoms with Crippen molar-refractivity contribution in [3.8, 4) is 0 Å². The molecule has 6 nitrogen and oxygen atoms in total. The SMILES string of the molecule is Cc1ccc(N2C[C@@H](C(=O)NNC(=O)c3ccc(C(C)(C)C)cc3)CC2=O)cc1C. The van der Waals surface area contributed by atoms with Gasteiger partial charge in [0.25, 0.3) is 5.91 Å². The Labute approximate surface area is 177 Å². The van der Waals surface area contributed by atoms with Crippen LogP contribution in [0.1, 0.15) is 54.2 Å². The minimum absolute atomic E-state index is 0.0000962. The summed E-state index contributed by atoms with van der Waals surface area (Å²) in [5, 5.41) is 0. The van der Waals surface area contributed by atoms with Crippen molar-refractivity contribution in [1.29, 1.82) is 0 Å². The number of benzene rings is 2. The largest absolute Gasteiger partial charge is 0.312 e. The van der Waals surface area contributed by atoms with Gasteiger partial charge in [0.2, 0.25) is 11.8 Å². The molecular formula is C24H29N3O3. The second-order valence-corrected chi connectivity index (χ2v) is 8.94. The first-order chi connectivity index (χ1) is 14.1. The Morgan fingerprint density at radius 1 is 0.967 bits per heavy atom. The topological polar surface area (TPSA) is 78.5 Å². The van der Waals surface area contributed by atoms with Crippen molar-refractivity contribution in [3.05, 3.63) is 64.7 Å². The van der Waals surface area contributed by atoms with Gasteiger partial charge in [0.1, 0.15) is 0 Å². The van der Waals surface area contributed by atoms with Gasteiger partial charge >= 0.3 is 0 Å². The number of nitrogens with zero attached hydrogens (tertiary/aromatic N) is 1. The Morgan fingerprint density at radius 2 is 1.63 bits per heavy atom. The van der Waals surface area contributed by atoms with Gasteiger partial charge in [-0.1, -0.05) is 39.0 Å². The van der Waals surface area contributed by atoms with E-state index in [1.165, 1.54) is 0 Å². The van der Waals surface area contributed by atoms with Crippen LogP contribution in [-0.4, -0.2) is 24.3 Å². The predicted octanol–water partition coefficient (Wildman–Crippen LogP) is 3.42. The van der Waals surface area contributed by atoms with E-state index in [0.717, 1.165) is 22.4 Å². The number of amides is 3. The van der Waals surface area contributed by atoms with Gasteiger partial charge in [0.05, 0.1) is 5.92 Å². The quantitative estimate of drug-likeness (QED) is 0.766. The van der Waals surface area contributed by atoms with Gasteiger partial charge in [-0.2, -0.15) is 0 Å². The number of rotatable bonds is 3. The standard InChI is InChI=1S/C24H29N3O3/c1-15-6-11-20(12-16(15)2)27-14-18(13-21(27)28)23(30)26-25-22(29)17-7-9-19(10-8-17)24(3,4)5/h6-12,18H,13-14H2,1-5H3,(H,25,29)(H,26,30)/t18-/m0/s1. The van der Waals surface area contributed by atoms with E-state index in [0.29, 0.717) is 12.1 Å². The summed E-state index contributed by atoms with van der Waals surface area (Å²) in [6.45, 7) is 10.6. The molecule has 0 unspecified atom stereocenters. The highest BCUT2D eigenvalue weighted by atomic mass is 16.2. The summed E-state index contributed by atoms with van der Waals surface area (Å²) in [7, 11) is 0. The van der Waals surface area contributed by atoms with E-state index in [1.54, 1.807) is 17.0 Å². The van der Waals surface area contributed by atoms with Gasteiger partial charge in [0, 0.05) is 24.2 Å². The van der Waals surface area contributed by atoms with Crippen LogP contribution < -0.4 is 15.8 Å². The first-order valence-corrected chi connectivity index (χ1v) is 10.1. The van der Waals surface area contributed by atoms with Crippen molar-refractivity contribution in [2.45, 2.75) is 46.5 Å². The Morgan fingerprint density at radius 3 is 2.23 bits per heavy atom. The van der Waals surface area contributed by atoms with Crippen LogP contribution in [0.15, 0.2) is 42.5 Å². The number of hydrogen-bond acceptors (Lipinski definition) is 3. The lowest BCUT2D eigenvalue weighted by molar-refractivity contribution is -0.126. The third-order valence-electron chi connectivity index (χ3n) is 5.61. The Hall–Kier alpha value is -3.15. The highest BCUT2D eigenvalue weighted by Crippen LogP contribution is 2.27. The molecule has 1 atom stereocenters. The highest BCUT2D eigenvalue weighted by Gasteiger charge is 2.35. The maximum Gasteiger partial charge on any atom is 0.269 e. The van der Waals surface area contributed by atoms with E-state index in [1.807, 2.05) is 44.2 Å². The molecule has 2 N–H and O–H groups in total. The van der Waals surface area contributed by atoms with Crippen LogP contribution in [0.25, 0.3) is 0 Å². The molecule has 30 heavy (non-hydrogen) atoms. The molecule has 1 fully saturated rings. The summed E-state index contributed by atoms with van der Waals surface area (Å²) in [4.78, 5) is 38.9. The lowest BCUT2D eigenvalue weighted by Crippen LogP contribution is -2.45. The minimum Gasteiger partial charge on any atom is -0.312 e. The molecule has 0 aliphatic carbocycles. The van der Waals surface area contributed by atoms with E-state index in [4.69, 9.17) is 0 Å². The monoisotopic (exact) mass is 407 g/mol. The molecule has 2 aromatic carbocycles. The van der Waals surface area contributed by atoms with Crippen LogP contribution in [0.2, 0.25) is 0 Å². The van der Waals surface area contributed by atoms with Crippen LogP contribution in [0.3, 0.4) is 0 Å². The molecule has 0 saturated carbocycles. The number of hydrazine groups is 1. The van der Waals surface area contributed by atoms with Gasteiger partial charge in [-0.25, -0.2) is 0 Å². The molecule has 3 rings (SSSR count). The normalized spacial score (nSPS) is 16.5. The summed E-state index contributed by atoms with van der Waals surface area (Å²) in [6.07, 6.45) is 0.120. The summed E-state index contributed by atoms with van der Waals surface area (Å²) < 4.78 is 0. The number of nitrogens with one attached hydrogen (secondary N) is 2. The Kier molecular flexibility index (Phi) is 5.97. The van der Waals surface area contributed by atoms with Crippen LogP contribution in [0, 0.1) is 19.8 Å². The molecule has 2 aromatic rings. The average Bonchev–Trinajstić information content (AvgIpc) is 3.09. The van der Waals surface area contributed by atoms with Crippen molar-refractivity contribution in [3.63, 3.8) is 0 Å². The summed E-state index contributed by atoms with van der Waals surface area (Å²) in [5.74, 6) is -1.36. The molecule has 0 spiro atoms. The summed E-state index contributed by atoms with van der Waals surface area (Å²) in [5.41, 5.74) is 9.54. The summed E-state index contributed by atoms with van der Waals surface area (Å²) in [6, 6.07) is 13.1. The molecule has 1 aliphatic rings. The Balaban J connectivity index is 1.58. The van der Waals surface area contributed by atoms with Crippen molar-refractivity contribution in [2.75, 3.05) is 11.4 Å². The fraction of sp³-hybridized carbons (Fsp3) is 0.375. The van der Waals surface area contributed by atoms with Crippen LogP contribution in [0.4, 0.5) is 5.69 Å². The van der Waals surface area contributed by atoms with Crippen molar-refractivity contribution >= 4 is 23.4 Å². The highest BCUT2D eigenvalue weighted by molar-refractivity contribution is 6.01. The number of aryl methyl sites for hydroxylation is 2. The molecule has 158 valence electrons. The third kappa shape index (κ3) is 4.70. The zero-order valence-corrected chi connectivity index (χ0v) is 18.2. The molecule has 0 radical (unpaired) electrons. The van der Waals surface area contributed by atoms with E-state index < -0.39 is 5.92 Å². The number of anilines is 1. The van der Waals surface area contributed by atoms with Gasteiger partial charge in [-0.3, -0.25) is 25.2 Å². The van der Waals surface area contributed by atoms with Gasteiger partial charge in [-0.15, -0.1) is 0 Å². The third-order valence-corrected chi connectivity index (χ3v) is 5.61. The predicted molar refractivity (Wildman–Crippen MR) is 117 cm³/mol. The molecule has 6 heteroatoms. The lowest BCUT2D eigenvalue weighted by Gasteiger charge is -2.19. The smallest absolute Gasteiger partial charge is 0.269 e. The van der Waals surface area contributed by atoms with Gasteiger partial charge < -0.3 is 4.90 Å². The second-order valence-electron chi connectivity index (χ2n) is 8.94. The van der Waals surface area contributed by atoms with E-state index in [9.17, 15) is 14.4 Å². The minimum atomic E-state index is -0.511. The molecular weight excluding hydrogens is 378 g/mol. The fourth-order valence-electron chi connectivity index (χ4n) is 3.44. The number of carbonyl (C=O) groups is 3. The van der Waals surface area contributed by atoms with Crippen LogP contribution in [-0.2, 0) is 15.0 Å². The fourth-order valence-corrected chi connectivity index (χ4v) is 3.44. The zero-order valence-electron chi connectivity index (χ0n) is 18.2. The average molecular weight is 408 g/mol. The first-order valence-electron chi connectivity index (χ1n) is 10.1. The molecule has 1 saturated heterocycles. The van der Waals surface area contributed by atoms with Crippen molar-refractivity contribution in [2.24, 2.45) is 5.92 Å². The molecule has 1 heterocycles. The zero-order chi connectivity index (χ0) is 22.1. The summed E-state index contributed by atoms with van der Waals surface area (Å²) >= 11 is 0. The molecule has 3 amide bonds. The van der Waals surface area contributed by atoms with Crippen LogP contribution >= 0.6 is 0 Å². The van der Waals surface area contributed by atoms with Crippen molar-refractivity contribution < 1.29 is 14.4 Å². The number of carbonyl (C=O) groups excluding carboxylic acids is 3. The molecule has 1 aliphatic heterocycles. The van der Waals surface area contributed by atoms with Gasteiger partial charge in [0.15, 0.2) is 0 Å². The molecule has 0 bridgehead atoms. The van der Waals surface area contributed by atoms with E-state index in [-0.39, 0.29) is 29.6 Å². The maximum absolute atomic E-state index is 12.5. The Bertz CT molecular complexity index is 974. The maximum atomic E-state index is 12.5. The van der Waals surface area contributed by atoms with E-state index in [2.05, 4.69) is 31.6 Å². The van der Waals surface area contributed by atoms with Crippen molar-refractivity contribution in [1.82, 2.24) is 10.9 Å². The van der Waals surface area contributed by atoms with E-state index >= 15 is 0 Å². The van der Waals surface area contributed by atoms with Gasteiger partial charge in [-0.05, 0) is 60.2 Å². The number of hydrogen-bond donors (Lipinski definition) is 2. The van der Waals surface area contributed by atoms with Crippen LogP contribution in [0.5, 0.6) is 0 Å². The first kappa shape index (κ1) is 21.6. The second kappa shape index (κ2) is 8.30. The molecule has 0 aromatic heterocycles. The lowest BCUT2D eigenvalue weighted by atomic mass is 9.87.